The number of carbonyl (C=O) groups excluding carboxylic acids is 1. The number of ether oxygens (including phenoxy) is 1. The monoisotopic (exact) mass is 781 g/mol. The first-order valence-electron chi connectivity index (χ1n) is 9.51. The number of hydrogen-bond donors (Lipinski definition) is 3. The van der Waals surface area contributed by atoms with Gasteiger partial charge in [-0.2, -0.15) is 0 Å². The smallest absolute Gasteiger partial charge is 0.411 e. The Morgan fingerprint density at radius 2 is 1.24 bits per heavy atom. The van der Waals surface area contributed by atoms with Crippen LogP contribution in [0.1, 0.15) is 37.8 Å². The first kappa shape index (κ1) is 24.2. The van der Waals surface area contributed by atoms with E-state index < -0.39 is 18.0 Å². The van der Waals surface area contributed by atoms with Gasteiger partial charge in [0.05, 0.1) is 24.0 Å². The fraction of sp³-hybridized carbons (Fsp3) is 0.0870. The molecule has 4 rings (SSSR count). The molecule has 0 unspecified atom stereocenters. The predicted molar refractivity (Wildman–Crippen MR) is 147 cm³/mol. The quantitative estimate of drug-likeness (QED) is 0.264. The number of rotatable bonds is 5. The van der Waals surface area contributed by atoms with Crippen LogP contribution in [0.5, 0.6) is 0 Å². The molecule has 3 aromatic carbocycles. The van der Waals surface area contributed by atoms with Crippen molar-refractivity contribution in [1.82, 2.24) is 0 Å². The number of aromatic carboxylic acids is 2. The lowest BCUT2D eigenvalue weighted by Gasteiger charge is -2.18. The molecule has 0 bridgehead atoms. The van der Waals surface area contributed by atoms with E-state index in [2.05, 4.69) is 5.32 Å². The van der Waals surface area contributed by atoms with Crippen LogP contribution in [0, 0.1) is 10.7 Å². The molecule has 0 atom stereocenters. The molecular formula is C23H14I3NO6. The second-order valence-electron chi connectivity index (χ2n) is 7.13. The zero-order chi connectivity index (χ0) is 23.9. The van der Waals surface area contributed by atoms with Crippen molar-refractivity contribution in [3.05, 3.63) is 81.5 Å². The summed E-state index contributed by atoms with van der Waals surface area (Å²) in [5.74, 6) is -2.70. The standard InChI is InChI=1S/C23H14I3NO6/c24-17-15(21(28)29)18(25)20(19(26)16(17)22(30)31)27-23(32)33-9-14-12-7-3-1-5-10(12)11-6-2-4-8-13(11)14/h1-8,14H,9H2,(H,27,32)(H,28,29)(H,30,31). The number of carboxylic acid groups (broad SMARTS) is 2. The van der Waals surface area contributed by atoms with Gasteiger partial charge >= 0.3 is 18.0 Å². The SMILES string of the molecule is O=C(Nc1c(I)c(C(=O)O)c(I)c(C(=O)O)c1I)OCC1c2ccccc2-c2ccccc21. The van der Waals surface area contributed by atoms with E-state index >= 15 is 0 Å². The number of hydrogen-bond acceptors (Lipinski definition) is 4. The Morgan fingerprint density at radius 3 is 1.70 bits per heavy atom. The summed E-state index contributed by atoms with van der Waals surface area (Å²) in [4.78, 5) is 36.2. The Morgan fingerprint density at radius 1 is 0.788 bits per heavy atom. The zero-order valence-electron chi connectivity index (χ0n) is 16.6. The van der Waals surface area contributed by atoms with E-state index in [4.69, 9.17) is 4.74 Å². The van der Waals surface area contributed by atoms with Crippen molar-refractivity contribution in [2.24, 2.45) is 0 Å². The molecule has 33 heavy (non-hydrogen) atoms. The van der Waals surface area contributed by atoms with Gasteiger partial charge in [-0.15, -0.1) is 0 Å². The minimum Gasteiger partial charge on any atom is -0.478 e. The van der Waals surface area contributed by atoms with Crippen molar-refractivity contribution < 1.29 is 29.3 Å². The van der Waals surface area contributed by atoms with E-state index in [1.807, 2.05) is 48.5 Å². The minimum atomic E-state index is -1.28. The average molecular weight is 781 g/mol. The van der Waals surface area contributed by atoms with Crippen LogP contribution in [0.3, 0.4) is 0 Å². The number of carboxylic acids is 2. The lowest BCUT2D eigenvalue weighted by atomic mass is 9.98. The molecule has 0 spiro atoms. The number of halogens is 3. The number of anilines is 1. The van der Waals surface area contributed by atoms with Crippen molar-refractivity contribution >= 4 is 91.5 Å². The molecule has 0 aliphatic heterocycles. The van der Waals surface area contributed by atoms with Gasteiger partial charge in [0.1, 0.15) is 6.61 Å². The summed E-state index contributed by atoms with van der Waals surface area (Å²) in [6.45, 7) is 0.0783. The van der Waals surface area contributed by atoms with Gasteiger partial charge in [-0.05, 0) is 90.0 Å². The van der Waals surface area contributed by atoms with Crippen molar-refractivity contribution in [2.75, 3.05) is 11.9 Å². The molecule has 0 saturated heterocycles. The Labute approximate surface area is 229 Å². The summed E-state index contributed by atoms with van der Waals surface area (Å²) in [5.41, 5.74) is 4.06. The van der Waals surface area contributed by atoms with Gasteiger partial charge in [-0.25, -0.2) is 14.4 Å². The summed E-state index contributed by atoms with van der Waals surface area (Å²) in [6.07, 6.45) is -0.790. The Balaban J connectivity index is 1.61. The number of amides is 1. The molecule has 0 heterocycles. The minimum absolute atomic E-state index is 0.0783. The van der Waals surface area contributed by atoms with Gasteiger partial charge in [-0.3, -0.25) is 5.32 Å². The van der Waals surface area contributed by atoms with E-state index in [1.165, 1.54) is 0 Å². The maximum absolute atomic E-state index is 12.7. The second kappa shape index (κ2) is 9.74. The zero-order valence-corrected chi connectivity index (χ0v) is 23.0. The highest BCUT2D eigenvalue weighted by Gasteiger charge is 2.31. The van der Waals surface area contributed by atoms with E-state index in [-0.39, 0.29) is 40.0 Å². The molecule has 1 aliphatic carbocycles. The molecular weight excluding hydrogens is 767 g/mol. The molecule has 0 aromatic heterocycles. The summed E-state index contributed by atoms with van der Waals surface area (Å²) >= 11 is 5.29. The summed E-state index contributed by atoms with van der Waals surface area (Å²) in [6, 6.07) is 15.9. The number of fused-ring (bicyclic) bond motifs is 3. The van der Waals surface area contributed by atoms with Gasteiger partial charge in [-0.1, -0.05) is 48.5 Å². The molecule has 0 radical (unpaired) electrons. The fourth-order valence-electron chi connectivity index (χ4n) is 3.89. The first-order chi connectivity index (χ1) is 15.7. The van der Waals surface area contributed by atoms with E-state index in [9.17, 15) is 24.6 Å². The lowest BCUT2D eigenvalue weighted by molar-refractivity contribution is 0.0693. The van der Waals surface area contributed by atoms with Gasteiger partial charge in [0.25, 0.3) is 0 Å². The summed E-state index contributed by atoms with van der Waals surface area (Å²) in [7, 11) is 0. The Bertz CT molecular complexity index is 1240. The van der Waals surface area contributed by atoms with Crippen molar-refractivity contribution in [3.63, 3.8) is 0 Å². The Kier molecular flexibility index (Phi) is 7.14. The van der Waals surface area contributed by atoms with E-state index in [0.29, 0.717) is 0 Å². The van der Waals surface area contributed by atoms with Crippen molar-refractivity contribution in [1.29, 1.82) is 0 Å². The van der Waals surface area contributed by atoms with Gasteiger partial charge in [0, 0.05) is 9.49 Å². The molecule has 1 aliphatic rings. The summed E-state index contributed by atoms with van der Waals surface area (Å²) < 4.78 is 6.09. The maximum atomic E-state index is 12.7. The van der Waals surface area contributed by atoms with E-state index in [0.717, 1.165) is 22.3 Å². The van der Waals surface area contributed by atoms with Crippen LogP contribution in [0.25, 0.3) is 11.1 Å². The molecule has 168 valence electrons. The normalized spacial score (nSPS) is 12.1. The molecule has 7 nitrogen and oxygen atoms in total. The molecule has 0 saturated carbocycles. The van der Waals surface area contributed by atoms with Crippen molar-refractivity contribution in [2.45, 2.75) is 5.92 Å². The third kappa shape index (κ3) is 4.43. The van der Waals surface area contributed by atoms with Crippen LogP contribution in [0.2, 0.25) is 0 Å². The van der Waals surface area contributed by atoms with Gasteiger partial charge < -0.3 is 14.9 Å². The van der Waals surface area contributed by atoms with Crippen LogP contribution in [0.15, 0.2) is 48.5 Å². The second-order valence-corrected chi connectivity index (χ2v) is 10.4. The maximum Gasteiger partial charge on any atom is 0.411 e. The highest BCUT2D eigenvalue weighted by atomic mass is 127. The molecule has 0 fully saturated rings. The van der Waals surface area contributed by atoms with Crippen LogP contribution < -0.4 is 5.32 Å². The van der Waals surface area contributed by atoms with E-state index in [1.54, 1.807) is 67.8 Å². The predicted octanol–water partition coefficient (Wildman–Crippen LogP) is 6.26. The van der Waals surface area contributed by atoms with Crippen molar-refractivity contribution in [3.8, 4) is 11.1 Å². The Hall–Kier alpha value is -1.94. The third-order valence-electron chi connectivity index (χ3n) is 5.32. The fourth-order valence-corrected chi connectivity index (χ4v) is 8.24. The lowest BCUT2D eigenvalue weighted by Crippen LogP contribution is -2.22. The number of benzene rings is 3. The van der Waals surface area contributed by atoms with Crippen LogP contribution in [0.4, 0.5) is 10.5 Å². The molecule has 10 heteroatoms. The average Bonchev–Trinajstić information content (AvgIpc) is 3.08. The van der Waals surface area contributed by atoms with Crippen LogP contribution >= 0.6 is 67.8 Å². The van der Waals surface area contributed by atoms with Crippen LogP contribution in [-0.4, -0.2) is 34.9 Å². The highest BCUT2D eigenvalue weighted by Crippen LogP contribution is 2.44. The topological polar surface area (TPSA) is 113 Å². The summed E-state index contributed by atoms with van der Waals surface area (Å²) in [5, 5.41) is 21.7. The highest BCUT2D eigenvalue weighted by molar-refractivity contribution is 14.1. The third-order valence-corrected chi connectivity index (χ3v) is 8.55. The number of nitrogens with one attached hydrogen (secondary N) is 1. The molecule has 3 aromatic rings. The van der Waals surface area contributed by atoms with Gasteiger partial charge in [0.2, 0.25) is 0 Å². The first-order valence-corrected chi connectivity index (χ1v) is 12.7. The van der Waals surface area contributed by atoms with Crippen LogP contribution in [-0.2, 0) is 4.74 Å². The largest absolute Gasteiger partial charge is 0.478 e. The number of carbonyl (C=O) groups is 3. The molecule has 1 amide bonds. The molecule has 3 N–H and O–H groups in total. The van der Waals surface area contributed by atoms with Gasteiger partial charge in [0.15, 0.2) is 0 Å².